The van der Waals surface area contributed by atoms with Gasteiger partial charge in [-0.3, -0.25) is 15.1 Å². The maximum atomic E-state index is 11.0. The van der Waals surface area contributed by atoms with Gasteiger partial charge in [-0.15, -0.1) is 0 Å². The molecule has 8 nitrogen and oxygen atoms in total. The molecule has 0 aliphatic heterocycles. The zero-order valence-electron chi connectivity index (χ0n) is 10.5. The lowest BCUT2D eigenvalue weighted by Gasteiger charge is -2.06. The summed E-state index contributed by atoms with van der Waals surface area (Å²) in [5.41, 5.74) is 0.378. The monoisotopic (exact) mass is 284 g/mol. The number of hydrogen-bond donors (Lipinski definition) is 1. The van der Waals surface area contributed by atoms with Crippen molar-refractivity contribution < 1.29 is 14.8 Å². The Morgan fingerprint density at radius 3 is 2.71 bits per heavy atom. The summed E-state index contributed by atoms with van der Waals surface area (Å²) in [7, 11) is 0. The Hall–Kier alpha value is -3.29. The Morgan fingerprint density at radius 1 is 1.24 bits per heavy atom. The van der Waals surface area contributed by atoms with Gasteiger partial charge in [0.05, 0.1) is 16.0 Å². The number of carboxylic acids is 1. The van der Waals surface area contributed by atoms with Crippen molar-refractivity contribution in [3.63, 3.8) is 0 Å². The van der Waals surface area contributed by atoms with Crippen molar-refractivity contribution in [2.75, 3.05) is 0 Å². The summed E-state index contributed by atoms with van der Waals surface area (Å²) in [6, 6.07) is 5.77. The molecule has 3 aromatic rings. The predicted molar refractivity (Wildman–Crippen MR) is 72.5 cm³/mol. The minimum atomic E-state index is -1.14. The maximum Gasteiger partial charge on any atom is 0.356 e. The molecule has 0 saturated heterocycles. The summed E-state index contributed by atoms with van der Waals surface area (Å²) in [6.45, 7) is 0. The number of rotatable bonds is 3. The van der Waals surface area contributed by atoms with Gasteiger partial charge in [0, 0.05) is 30.0 Å². The smallest absolute Gasteiger partial charge is 0.356 e. The second-order valence-corrected chi connectivity index (χ2v) is 4.23. The largest absolute Gasteiger partial charge is 0.476 e. The van der Waals surface area contributed by atoms with Crippen LogP contribution in [0.4, 0.5) is 5.69 Å². The van der Waals surface area contributed by atoms with Crippen LogP contribution in [0.1, 0.15) is 10.5 Å². The second-order valence-electron chi connectivity index (χ2n) is 4.23. The second kappa shape index (κ2) is 4.67. The number of pyridine rings is 1. The number of hydrogen-bond acceptors (Lipinski definition) is 5. The van der Waals surface area contributed by atoms with Gasteiger partial charge in [-0.2, -0.15) is 5.10 Å². The van der Waals surface area contributed by atoms with Crippen LogP contribution in [0, 0.1) is 10.1 Å². The van der Waals surface area contributed by atoms with E-state index in [9.17, 15) is 14.9 Å². The highest BCUT2D eigenvalue weighted by Crippen LogP contribution is 2.29. The fourth-order valence-electron chi connectivity index (χ4n) is 2.09. The number of benzene rings is 1. The molecular weight excluding hydrogens is 276 g/mol. The Kier molecular flexibility index (Phi) is 2.83. The first-order chi connectivity index (χ1) is 10.1. The number of nitrogens with zero attached hydrogens (tertiary/aromatic N) is 4. The topological polar surface area (TPSA) is 111 Å². The van der Waals surface area contributed by atoms with E-state index in [4.69, 9.17) is 5.11 Å². The van der Waals surface area contributed by atoms with Gasteiger partial charge < -0.3 is 5.11 Å². The summed E-state index contributed by atoms with van der Waals surface area (Å²) < 4.78 is 1.36. The fraction of sp³-hybridized carbons (Fsp3) is 0. The van der Waals surface area contributed by atoms with E-state index in [1.54, 1.807) is 6.07 Å². The number of aromatic nitrogens is 3. The van der Waals surface area contributed by atoms with Crippen molar-refractivity contribution in [1.29, 1.82) is 0 Å². The van der Waals surface area contributed by atoms with Crippen molar-refractivity contribution in [2.24, 2.45) is 0 Å². The molecule has 0 aliphatic rings. The van der Waals surface area contributed by atoms with E-state index in [2.05, 4.69) is 10.1 Å². The standard InChI is InChI=1S/C13H8N4O4/c18-13(19)10-4-6-16(15-10)11-1-2-12(17(20)21)8-3-5-14-7-9(8)11/h1-7H,(H,18,19). The third kappa shape index (κ3) is 2.08. The molecule has 0 radical (unpaired) electrons. The van der Waals surface area contributed by atoms with Crippen LogP contribution in [0.25, 0.3) is 16.5 Å². The van der Waals surface area contributed by atoms with Crippen molar-refractivity contribution in [3.05, 3.63) is 58.7 Å². The molecule has 1 aromatic carbocycles. The Morgan fingerprint density at radius 2 is 2.05 bits per heavy atom. The van der Waals surface area contributed by atoms with Crippen molar-refractivity contribution in [2.45, 2.75) is 0 Å². The zero-order valence-corrected chi connectivity index (χ0v) is 10.5. The van der Waals surface area contributed by atoms with Crippen LogP contribution < -0.4 is 0 Å². The molecule has 3 rings (SSSR count). The van der Waals surface area contributed by atoms with E-state index >= 15 is 0 Å². The van der Waals surface area contributed by atoms with Crippen molar-refractivity contribution in [3.8, 4) is 5.69 Å². The SMILES string of the molecule is O=C(O)c1ccn(-c2ccc([N+](=O)[O-])c3ccncc23)n1. The molecule has 21 heavy (non-hydrogen) atoms. The van der Waals surface area contributed by atoms with Gasteiger partial charge in [0.25, 0.3) is 5.69 Å². The maximum absolute atomic E-state index is 11.0. The molecular formula is C13H8N4O4. The van der Waals surface area contributed by atoms with Crippen LogP contribution in [-0.4, -0.2) is 30.8 Å². The van der Waals surface area contributed by atoms with Gasteiger partial charge in [0.2, 0.25) is 0 Å². The summed E-state index contributed by atoms with van der Waals surface area (Å²) in [5.74, 6) is -1.14. The van der Waals surface area contributed by atoms with Crippen molar-refractivity contribution in [1.82, 2.24) is 14.8 Å². The number of nitro benzene ring substituents is 1. The van der Waals surface area contributed by atoms with Crippen LogP contribution in [0.5, 0.6) is 0 Å². The van der Waals surface area contributed by atoms with E-state index in [0.29, 0.717) is 16.5 Å². The van der Waals surface area contributed by atoms with E-state index in [1.807, 2.05) is 0 Å². The van der Waals surface area contributed by atoms with E-state index in [0.717, 1.165) is 0 Å². The average Bonchev–Trinajstić information content (AvgIpc) is 2.95. The first-order valence-corrected chi connectivity index (χ1v) is 5.88. The van der Waals surface area contributed by atoms with Gasteiger partial charge in [0.1, 0.15) is 0 Å². The molecule has 0 atom stereocenters. The Bertz CT molecular complexity index is 871. The predicted octanol–water partition coefficient (Wildman–Crippen LogP) is 2.03. The average molecular weight is 284 g/mol. The molecule has 0 fully saturated rings. The van der Waals surface area contributed by atoms with Crippen LogP contribution in [0.15, 0.2) is 42.9 Å². The normalized spacial score (nSPS) is 10.7. The summed E-state index contributed by atoms with van der Waals surface area (Å²) in [5, 5.41) is 24.8. The first kappa shape index (κ1) is 12.7. The molecule has 8 heteroatoms. The van der Waals surface area contributed by atoms with Gasteiger partial charge in [0.15, 0.2) is 5.69 Å². The first-order valence-electron chi connectivity index (χ1n) is 5.88. The van der Waals surface area contributed by atoms with Crippen LogP contribution in [0.3, 0.4) is 0 Å². The molecule has 2 aromatic heterocycles. The third-order valence-corrected chi connectivity index (χ3v) is 3.02. The number of non-ortho nitro benzene ring substituents is 1. The van der Waals surface area contributed by atoms with E-state index in [1.165, 1.54) is 41.5 Å². The molecule has 1 N–H and O–H groups in total. The highest BCUT2D eigenvalue weighted by atomic mass is 16.6. The van der Waals surface area contributed by atoms with E-state index < -0.39 is 10.9 Å². The highest BCUT2D eigenvalue weighted by molar-refractivity contribution is 5.96. The Labute approximate surface area is 117 Å². The summed E-state index contributed by atoms with van der Waals surface area (Å²) >= 11 is 0. The Balaban J connectivity index is 2.26. The van der Waals surface area contributed by atoms with Crippen LogP contribution in [-0.2, 0) is 0 Å². The van der Waals surface area contributed by atoms with Gasteiger partial charge in [-0.05, 0) is 18.2 Å². The molecule has 0 saturated carbocycles. The minimum Gasteiger partial charge on any atom is -0.476 e. The van der Waals surface area contributed by atoms with Gasteiger partial charge >= 0.3 is 5.97 Å². The molecule has 0 amide bonds. The number of carbonyl (C=O) groups is 1. The highest BCUT2D eigenvalue weighted by Gasteiger charge is 2.16. The number of aromatic carboxylic acids is 1. The number of fused-ring (bicyclic) bond motifs is 1. The van der Waals surface area contributed by atoms with Crippen LogP contribution in [0.2, 0.25) is 0 Å². The molecule has 2 heterocycles. The van der Waals surface area contributed by atoms with Gasteiger partial charge in [-0.25, -0.2) is 9.48 Å². The molecule has 104 valence electrons. The number of carboxylic acid groups (broad SMARTS) is 1. The summed E-state index contributed by atoms with van der Waals surface area (Å²) in [4.78, 5) is 25.4. The van der Waals surface area contributed by atoms with Crippen molar-refractivity contribution >= 4 is 22.4 Å². The lowest BCUT2D eigenvalue weighted by atomic mass is 10.1. The molecule has 0 aliphatic carbocycles. The van der Waals surface area contributed by atoms with E-state index in [-0.39, 0.29) is 11.4 Å². The molecule has 0 bridgehead atoms. The van der Waals surface area contributed by atoms with Crippen LogP contribution >= 0.6 is 0 Å². The third-order valence-electron chi connectivity index (χ3n) is 3.02. The van der Waals surface area contributed by atoms with Gasteiger partial charge in [-0.1, -0.05) is 0 Å². The minimum absolute atomic E-state index is 0.0400. The molecule has 0 spiro atoms. The number of nitro groups is 1. The fourth-order valence-corrected chi connectivity index (χ4v) is 2.09. The quantitative estimate of drug-likeness (QED) is 0.581. The zero-order chi connectivity index (χ0) is 15.0. The lowest BCUT2D eigenvalue weighted by molar-refractivity contribution is -0.383. The molecule has 0 unspecified atom stereocenters. The lowest BCUT2D eigenvalue weighted by Crippen LogP contribution is -2.02. The summed E-state index contributed by atoms with van der Waals surface area (Å²) in [6.07, 6.45) is 4.43.